The number of amides is 3. The van der Waals surface area contributed by atoms with Gasteiger partial charge in [0, 0.05) is 56.8 Å². The number of hydrogen-bond acceptors (Lipinski definition) is 8. The fourth-order valence-corrected chi connectivity index (χ4v) is 10.1. The van der Waals surface area contributed by atoms with E-state index >= 15 is 0 Å². The zero-order valence-corrected chi connectivity index (χ0v) is 26.8. The van der Waals surface area contributed by atoms with Gasteiger partial charge in [-0.1, -0.05) is 19.1 Å². The number of benzene rings is 1. The summed E-state index contributed by atoms with van der Waals surface area (Å²) in [6, 6.07) is 6.62. The van der Waals surface area contributed by atoms with E-state index in [1.54, 1.807) is 38.6 Å². The average molecular weight is 627 g/mol. The van der Waals surface area contributed by atoms with Gasteiger partial charge < -0.3 is 29.3 Å². The van der Waals surface area contributed by atoms with Crippen LogP contribution in [-0.4, -0.2) is 126 Å². The van der Waals surface area contributed by atoms with Gasteiger partial charge in [0.25, 0.3) is 0 Å². The van der Waals surface area contributed by atoms with Crippen LogP contribution in [0.3, 0.4) is 0 Å². The van der Waals surface area contributed by atoms with E-state index in [1.165, 1.54) is 0 Å². The number of hydrogen-bond donors (Lipinski definition) is 1. The fraction of sp³-hybridized carbons (Fsp3) is 0.606. The molecule has 4 fully saturated rings. The summed E-state index contributed by atoms with van der Waals surface area (Å²) < 4.78 is 10.3. The van der Waals surface area contributed by atoms with E-state index in [4.69, 9.17) is 9.47 Å². The van der Waals surface area contributed by atoms with Crippen LogP contribution in [0.25, 0.3) is 0 Å². The zero-order valence-electron chi connectivity index (χ0n) is 25.9. The molecule has 240 valence electrons. The molecule has 4 heterocycles. The standard InChI is InChI=1S/C33H46N4O6S/c1-5-12-35(15-14-34-17-20-42-21-18-34)32(41)29-33-23(4)22-26(44-33)27(28(33)31(40)37(29)16-19-38)30(39)36(13-6-2)24-8-10-25(11-9-24)43-7-3/h5-6,8-11,23,26-29,38H,1-2,7,12-22H2,3-4H3/t23?,26-,27+,28+,29?,33?/m1/s1. The van der Waals surface area contributed by atoms with E-state index in [-0.39, 0.29) is 42.0 Å². The Morgan fingerprint density at radius 2 is 1.84 bits per heavy atom. The number of aliphatic hydroxyl groups excluding tert-OH is 1. The minimum Gasteiger partial charge on any atom is -0.494 e. The molecule has 4 aliphatic rings. The summed E-state index contributed by atoms with van der Waals surface area (Å²) in [7, 11) is 0. The Labute approximate surface area is 265 Å². The molecule has 3 unspecified atom stereocenters. The van der Waals surface area contributed by atoms with E-state index in [2.05, 4.69) is 25.0 Å². The zero-order chi connectivity index (χ0) is 31.4. The third-order valence-electron chi connectivity index (χ3n) is 9.59. The molecule has 5 rings (SSSR count). The van der Waals surface area contributed by atoms with Gasteiger partial charge in [-0.25, -0.2) is 0 Å². The normalized spacial score (nSPS) is 29.4. The lowest BCUT2D eigenvalue weighted by atomic mass is 9.65. The molecule has 1 spiro atoms. The van der Waals surface area contributed by atoms with E-state index in [0.717, 1.165) is 25.3 Å². The van der Waals surface area contributed by atoms with Gasteiger partial charge in [-0.3, -0.25) is 19.3 Å². The Kier molecular flexibility index (Phi) is 10.4. The molecule has 1 N–H and O–H groups in total. The second-order valence-electron chi connectivity index (χ2n) is 12.0. The molecule has 4 aliphatic heterocycles. The van der Waals surface area contributed by atoms with Crippen molar-refractivity contribution < 1.29 is 29.0 Å². The highest BCUT2D eigenvalue weighted by atomic mass is 32.2. The summed E-state index contributed by atoms with van der Waals surface area (Å²) in [4.78, 5) is 50.7. The number of likely N-dealkylation sites (tertiary alicyclic amines) is 1. The quantitative estimate of drug-likeness (QED) is 0.314. The Morgan fingerprint density at radius 3 is 2.48 bits per heavy atom. The lowest BCUT2D eigenvalue weighted by Crippen LogP contribution is -2.58. The van der Waals surface area contributed by atoms with Crippen molar-refractivity contribution in [2.45, 2.75) is 36.3 Å². The van der Waals surface area contributed by atoms with E-state index in [0.29, 0.717) is 51.7 Å². The molecule has 1 aromatic carbocycles. The highest BCUT2D eigenvalue weighted by molar-refractivity contribution is 8.02. The SMILES string of the molecule is C=CCN(CCN1CCOCC1)C(=O)C1N(CCO)C(=O)[C@@H]2[C@@H](C(=O)N(CC=C)c3ccc(OCC)cc3)[C@H]3CC(C)C12S3. The number of fused-ring (bicyclic) bond motifs is 1. The number of carbonyl (C=O) groups is 3. The van der Waals surface area contributed by atoms with Gasteiger partial charge in [0.2, 0.25) is 17.7 Å². The summed E-state index contributed by atoms with van der Waals surface area (Å²) in [5.74, 6) is -0.971. The van der Waals surface area contributed by atoms with Crippen LogP contribution in [0.5, 0.6) is 5.75 Å². The van der Waals surface area contributed by atoms with Crippen molar-refractivity contribution in [1.82, 2.24) is 14.7 Å². The van der Waals surface area contributed by atoms with E-state index < -0.39 is 22.6 Å². The first-order valence-corrected chi connectivity index (χ1v) is 16.6. The van der Waals surface area contributed by atoms with Gasteiger partial charge in [0.1, 0.15) is 11.8 Å². The molecule has 3 amide bonds. The fourth-order valence-electron chi connectivity index (χ4n) is 7.66. The topological polar surface area (TPSA) is 103 Å². The maximum Gasteiger partial charge on any atom is 0.247 e. The van der Waals surface area contributed by atoms with Crippen LogP contribution in [0, 0.1) is 17.8 Å². The van der Waals surface area contributed by atoms with Crippen LogP contribution >= 0.6 is 11.8 Å². The van der Waals surface area contributed by atoms with Gasteiger partial charge >= 0.3 is 0 Å². The van der Waals surface area contributed by atoms with Crippen LogP contribution in [0.2, 0.25) is 0 Å². The molecule has 6 atom stereocenters. The van der Waals surface area contributed by atoms with Gasteiger partial charge in [0.05, 0.1) is 43.0 Å². The Hall–Kier alpha value is -2.86. The highest BCUT2D eigenvalue weighted by Crippen LogP contribution is 2.69. The van der Waals surface area contributed by atoms with Crippen molar-refractivity contribution in [1.29, 1.82) is 0 Å². The number of aliphatic hydroxyl groups is 1. The van der Waals surface area contributed by atoms with Crippen LogP contribution in [-0.2, 0) is 19.1 Å². The first kappa shape index (κ1) is 32.5. The Bertz CT molecular complexity index is 1220. The number of carbonyl (C=O) groups excluding carboxylic acids is 3. The second-order valence-corrected chi connectivity index (χ2v) is 13.5. The summed E-state index contributed by atoms with van der Waals surface area (Å²) in [5, 5.41) is 9.95. The molecule has 44 heavy (non-hydrogen) atoms. The minimum atomic E-state index is -0.766. The van der Waals surface area contributed by atoms with Crippen LogP contribution in [0.1, 0.15) is 20.3 Å². The maximum absolute atomic E-state index is 14.6. The number of anilines is 1. The number of morpholine rings is 1. The summed E-state index contributed by atoms with van der Waals surface area (Å²) in [6.45, 7) is 17.0. The molecule has 0 saturated carbocycles. The lowest BCUT2D eigenvalue weighted by molar-refractivity contribution is -0.143. The van der Waals surface area contributed by atoms with Gasteiger partial charge in [-0.2, -0.15) is 0 Å². The van der Waals surface area contributed by atoms with Crippen LogP contribution < -0.4 is 9.64 Å². The summed E-state index contributed by atoms with van der Waals surface area (Å²) >= 11 is 1.65. The molecule has 0 aliphatic carbocycles. The number of β-amino-alcohol motifs (C(OH)–C–C–N with tert-alkyl or cyclic N) is 1. The predicted molar refractivity (Wildman–Crippen MR) is 172 cm³/mol. The molecule has 10 nitrogen and oxygen atoms in total. The molecule has 4 saturated heterocycles. The number of nitrogens with zero attached hydrogens (tertiary/aromatic N) is 4. The van der Waals surface area contributed by atoms with Crippen molar-refractivity contribution in [3.8, 4) is 5.75 Å². The number of thioether (sulfide) groups is 1. The largest absolute Gasteiger partial charge is 0.494 e. The molecule has 0 radical (unpaired) electrons. The van der Waals surface area contributed by atoms with E-state index in [9.17, 15) is 19.5 Å². The van der Waals surface area contributed by atoms with Crippen molar-refractivity contribution in [2.75, 3.05) is 77.1 Å². The van der Waals surface area contributed by atoms with Gasteiger partial charge in [-0.15, -0.1) is 24.9 Å². The Balaban J connectivity index is 1.46. The summed E-state index contributed by atoms with van der Waals surface area (Å²) in [6.07, 6.45) is 4.15. The first-order valence-electron chi connectivity index (χ1n) is 15.8. The molecular formula is C33H46N4O6S. The van der Waals surface area contributed by atoms with Gasteiger partial charge in [0.15, 0.2) is 0 Å². The van der Waals surface area contributed by atoms with Crippen molar-refractivity contribution >= 4 is 35.2 Å². The highest BCUT2D eigenvalue weighted by Gasteiger charge is 2.76. The third-order valence-corrected chi connectivity index (χ3v) is 11.7. The van der Waals surface area contributed by atoms with Crippen LogP contribution in [0.15, 0.2) is 49.6 Å². The Morgan fingerprint density at radius 1 is 1.14 bits per heavy atom. The monoisotopic (exact) mass is 626 g/mol. The maximum atomic E-state index is 14.6. The molecule has 2 bridgehead atoms. The predicted octanol–water partition coefficient (Wildman–Crippen LogP) is 2.28. The smallest absolute Gasteiger partial charge is 0.247 e. The van der Waals surface area contributed by atoms with E-state index in [1.807, 2.05) is 31.2 Å². The second kappa shape index (κ2) is 14.1. The minimum absolute atomic E-state index is 0.0382. The van der Waals surface area contributed by atoms with Crippen molar-refractivity contribution in [2.24, 2.45) is 17.8 Å². The third kappa shape index (κ3) is 5.79. The average Bonchev–Trinajstić information content (AvgIpc) is 3.62. The van der Waals surface area contributed by atoms with Crippen LogP contribution in [0.4, 0.5) is 5.69 Å². The van der Waals surface area contributed by atoms with Crippen molar-refractivity contribution in [3.05, 3.63) is 49.6 Å². The molecule has 0 aromatic heterocycles. The van der Waals surface area contributed by atoms with Crippen molar-refractivity contribution in [3.63, 3.8) is 0 Å². The lowest BCUT2D eigenvalue weighted by Gasteiger charge is -2.41. The first-order chi connectivity index (χ1) is 21.3. The molecule has 11 heteroatoms. The summed E-state index contributed by atoms with van der Waals surface area (Å²) in [5.41, 5.74) is 0.707. The number of ether oxygens (including phenoxy) is 2. The number of rotatable bonds is 14. The van der Waals surface area contributed by atoms with Gasteiger partial charge in [-0.05, 0) is 43.5 Å². The molecule has 1 aromatic rings. The molecular weight excluding hydrogens is 580 g/mol.